The minimum atomic E-state index is 0.135. The molecule has 0 atom stereocenters. The molecular weight excluding hydrogens is 294 g/mol. The molecule has 0 radical (unpaired) electrons. The molecule has 0 aliphatic carbocycles. The number of rotatable bonds is 10. The lowest BCUT2D eigenvalue weighted by molar-refractivity contribution is 0.128. The van der Waals surface area contributed by atoms with E-state index in [1.54, 1.807) is 26.4 Å². The van der Waals surface area contributed by atoms with Crippen LogP contribution in [0.4, 0.5) is 0 Å². The fourth-order valence-electron chi connectivity index (χ4n) is 2.07. The highest BCUT2D eigenvalue weighted by Gasteiger charge is 2.14. The van der Waals surface area contributed by atoms with Gasteiger partial charge in [0.25, 0.3) is 0 Å². The summed E-state index contributed by atoms with van der Waals surface area (Å²) < 4.78 is 15.3. The van der Waals surface area contributed by atoms with E-state index < -0.39 is 0 Å². The van der Waals surface area contributed by atoms with Crippen molar-refractivity contribution in [2.75, 3.05) is 47.6 Å². The van der Waals surface area contributed by atoms with E-state index in [0.717, 1.165) is 25.1 Å². The zero-order valence-electron chi connectivity index (χ0n) is 12.9. The van der Waals surface area contributed by atoms with Gasteiger partial charge in [0.15, 0.2) is 11.5 Å². The number of halogens is 1. The standard InChI is InChI=1S/C15H24ClNO4/c1-19-7-4-5-17(6-8-20-2)11-12-9-13(16)10-14(21-3)15(12)18/h9-10,18H,4-8,11H2,1-3H3. The minimum absolute atomic E-state index is 0.135. The van der Waals surface area contributed by atoms with Crippen LogP contribution in [0.5, 0.6) is 11.5 Å². The van der Waals surface area contributed by atoms with Gasteiger partial charge in [0.2, 0.25) is 0 Å². The Morgan fingerprint density at radius 2 is 1.81 bits per heavy atom. The number of benzene rings is 1. The number of nitrogens with zero attached hydrogens (tertiary/aromatic N) is 1. The summed E-state index contributed by atoms with van der Waals surface area (Å²) in [5.74, 6) is 0.525. The highest BCUT2D eigenvalue weighted by molar-refractivity contribution is 6.30. The van der Waals surface area contributed by atoms with Gasteiger partial charge >= 0.3 is 0 Å². The van der Waals surface area contributed by atoms with Crippen molar-refractivity contribution in [3.63, 3.8) is 0 Å². The van der Waals surface area contributed by atoms with Crippen molar-refractivity contribution in [3.05, 3.63) is 22.7 Å². The van der Waals surface area contributed by atoms with Crippen molar-refractivity contribution in [3.8, 4) is 11.5 Å². The number of phenolic OH excluding ortho intramolecular Hbond substituents is 1. The zero-order chi connectivity index (χ0) is 15.7. The first-order valence-electron chi connectivity index (χ1n) is 6.88. The maximum atomic E-state index is 10.2. The fourth-order valence-corrected chi connectivity index (χ4v) is 2.30. The number of hydrogen-bond donors (Lipinski definition) is 1. The molecule has 0 bridgehead atoms. The second kappa shape index (κ2) is 9.84. The molecule has 1 rings (SSSR count). The van der Waals surface area contributed by atoms with E-state index in [1.807, 2.05) is 0 Å². The van der Waals surface area contributed by atoms with Gasteiger partial charge in [0.05, 0.1) is 13.7 Å². The Kier molecular flexibility index (Phi) is 8.45. The van der Waals surface area contributed by atoms with E-state index in [1.165, 1.54) is 7.11 Å². The minimum Gasteiger partial charge on any atom is -0.504 e. The van der Waals surface area contributed by atoms with Gasteiger partial charge in [-0.15, -0.1) is 0 Å². The van der Waals surface area contributed by atoms with E-state index in [9.17, 15) is 5.11 Å². The van der Waals surface area contributed by atoms with Gasteiger partial charge in [-0.1, -0.05) is 11.6 Å². The molecule has 0 unspecified atom stereocenters. The summed E-state index contributed by atoms with van der Waals surface area (Å²) >= 11 is 6.06. The Balaban J connectivity index is 2.78. The summed E-state index contributed by atoms with van der Waals surface area (Å²) in [4.78, 5) is 2.19. The average Bonchev–Trinajstić information content (AvgIpc) is 2.47. The maximum Gasteiger partial charge on any atom is 0.162 e. The molecule has 0 aromatic heterocycles. The molecule has 0 saturated carbocycles. The van der Waals surface area contributed by atoms with Gasteiger partial charge in [-0.25, -0.2) is 0 Å². The lowest BCUT2D eigenvalue weighted by Gasteiger charge is -2.23. The normalized spacial score (nSPS) is 11.1. The Morgan fingerprint density at radius 1 is 1.10 bits per heavy atom. The second-order valence-corrected chi connectivity index (χ2v) is 5.17. The molecule has 6 heteroatoms. The molecule has 5 nitrogen and oxygen atoms in total. The van der Waals surface area contributed by atoms with Crippen molar-refractivity contribution in [1.82, 2.24) is 4.90 Å². The van der Waals surface area contributed by atoms with Crippen LogP contribution in [0, 0.1) is 0 Å². The number of ether oxygens (including phenoxy) is 3. The molecule has 0 heterocycles. The third-order valence-electron chi connectivity index (χ3n) is 3.17. The highest BCUT2D eigenvalue weighted by Crippen LogP contribution is 2.34. The van der Waals surface area contributed by atoms with Gasteiger partial charge < -0.3 is 19.3 Å². The molecule has 21 heavy (non-hydrogen) atoms. The summed E-state index contributed by atoms with van der Waals surface area (Å²) in [7, 11) is 4.87. The van der Waals surface area contributed by atoms with Crippen LogP contribution in [0.25, 0.3) is 0 Å². The molecule has 1 aromatic rings. The number of hydrogen-bond acceptors (Lipinski definition) is 5. The third-order valence-corrected chi connectivity index (χ3v) is 3.39. The second-order valence-electron chi connectivity index (χ2n) is 4.73. The fraction of sp³-hybridized carbons (Fsp3) is 0.600. The van der Waals surface area contributed by atoms with Crippen LogP contribution in [0.1, 0.15) is 12.0 Å². The van der Waals surface area contributed by atoms with E-state index in [4.69, 9.17) is 25.8 Å². The van der Waals surface area contributed by atoms with Crippen LogP contribution < -0.4 is 4.74 Å². The predicted octanol–water partition coefficient (Wildman–Crippen LogP) is 2.54. The van der Waals surface area contributed by atoms with Gasteiger partial charge in [-0.2, -0.15) is 0 Å². The summed E-state index contributed by atoms with van der Waals surface area (Å²) in [5.41, 5.74) is 0.743. The van der Waals surface area contributed by atoms with Crippen LogP contribution >= 0.6 is 11.6 Å². The quantitative estimate of drug-likeness (QED) is 0.672. The first kappa shape index (κ1) is 18.0. The first-order chi connectivity index (χ1) is 10.1. The molecule has 1 aromatic carbocycles. The SMILES string of the molecule is COCCCN(CCOC)Cc1cc(Cl)cc(OC)c1O. The largest absolute Gasteiger partial charge is 0.504 e. The Morgan fingerprint density at radius 3 is 2.43 bits per heavy atom. The van der Waals surface area contributed by atoms with Crippen molar-refractivity contribution < 1.29 is 19.3 Å². The summed E-state index contributed by atoms with van der Waals surface area (Å²) in [6.07, 6.45) is 0.915. The molecule has 0 fully saturated rings. The molecule has 0 aliphatic rings. The summed E-state index contributed by atoms with van der Waals surface area (Å²) in [6.45, 7) is 3.54. The van der Waals surface area contributed by atoms with Crippen LogP contribution in [0.15, 0.2) is 12.1 Å². The molecular formula is C15H24ClNO4. The van der Waals surface area contributed by atoms with Gasteiger partial charge in [0, 0.05) is 57.1 Å². The molecule has 120 valence electrons. The van der Waals surface area contributed by atoms with Gasteiger partial charge in [-0.05, 0) is 12.5 Å². The van der Waals surface area contributed by atoms with E-state index in [-0.39, 0.29) is 5.75 Å². The van der Waals surface area contributed by atoms with Crippen molar-refractivity contribution in [2.24, 2.45) is 0 Å². The lowest BCUT2D eigenvalue weighted by Crippen LogP contribution is -2.28. The van der Waals surface area contributed by atoms with Crippen molar-refractivity contribution in [2.45, 2.75) is 13.0 Å². The van der Waals surface area contributed by atoms with Crippen LogP contribution in [-0.4, -0.2) is 57.6 Å². The third kappa shape index (κ3) is 6.09. The van der Waals surface area contributed by atoms with Crippen molar-refractivity contribution >= 4 is 11.6 Å². The smallest absolute Gasteiger partial charge is 0.162 e. The monoisotopic (exact) mass is 317 g/mol. The number of methoxy groups -OCH3 is 3. The predicted molar refractivity (Wildman–Crippen MR) is 83.3 cm³/mol. The number of phenols is 1. The van der Waals surface area contributed by atoms with Crippen LogP contribution in [0.2, 0.25) is 5.02 Å². The van der Waals surface area contributed by atoms with E-state index >= 15 is 0 Å². The molecule has 0 amide bonds. The first-order valence-corrected chi connectivity index (χ1v) is 7.25. The number of aromatic hydroxyl groups is 1. The van der Waals surface area contributed by atoms with E-state index in [2.05, 4.69) is 4.90 Å². The highest BCUT2D eigenvalue weighted by atomic mass is 35.5. The van der Waals surface area contributed by atoms with Crippen molar-refractivity contribution in [1.29, 1.82) is 0 Å². The molecule has 0 aliphatic heterocycles. The Hall–Kier alpha value is -1.01. The average molecular weight is 318 g/mol. The lowest BCUT2D eigenvalue weighted by atomic mass is 10.1. The van der Waals surface area contributed by atoms with Gasteiger partial charge in [0.1, 0.15) is 0 Å². The summed E-state index contributed by atoms with van der Waals surface area (Å²) in [5, 5.41) is 10.7. The van der Waals surface area contributed by atoms with Gasteiger partial charge in [-0.3, -0.25) is 4.90 Å². The van der Waals surface area contributed by atoms with Crippen LogP contribution in [-0.2, 0) is 16.0 Å². The molecule has 1 N–H and O–H groups in total. The summed E-state index contributed by atoms with van der Waals surface area (Å²) in [6, 6.07) is 3.36. The molecule has 0 saturated heterocycles. The zero-order valence-corrected chi connectivity index (χ0v) is 13.7. The van der Waals surface area contributed by atoms with Crippen LogP contribution in [0.3, 0.4) is 0 Å². The molecule has 0 spiro atoms. The topological polar surface area (TPSA) is 51.2 Å². The Bertz CT molecular complexity index is 428. The van der Waals surface area contributed by atoms with E-state index in [0.29, 0.717) is 30.5 Å². The Labute approximate surface area is 131 Å². The maximum absolute atomic E-state index is 10.2.